The molecule has 7 heteroatoms. The highest BCUT2D eigenvalue weighted by atomic mass is 16.7. The maximum atomic E-state index is 10.5. The molecule has 0 aromatic heterocycles. The van der Waals surface area contributed by atoms with Gasteiger partial charge in [-0.2, -0.15) is 5.11 Å². The molecule has 0 aromatic rings. The van der Waals surface area contributed by atoms with Gasteiger partial charge in [0.1, 0.15) is 24.4 Å². The lowest BCUT2D eigenvalue weighted by Crippen LogP contribution is -2.60. The minimum atomic E-state index is -2.29. The maximum Gasteiger partial charge on any atom is 0.218 e. The van der Waals surface area contributed by atoms with E-state index in [0.29, 0.717) is 0 Å². The fraction of sp³-hybridized carbons (Fsp3) is 1.00. The molecular formula is C6H11O7. The van der Waals surface area contributed by atoms with Crippen LogP contribution in [-0.4, -0.2) is 62.5 Å². The Morgan fingerprint density at radius 3 is 2.00 bits per heavy atom. The Labute approximate surface area is 73.4 Å². The highest BCUT2D eigenvalue weighted by Crippen LogP contribution is 2.21. The van der Waals surface area contributed by atoms with Crippen LogP contribution in [0.15, 0.2) is 0 Å². The minimum absolute atomic E-state index is 1.65. The van der Waals surface area contributed by atoms with Crippen molar-refractivity contribution in [3.63, 3.8) is 0 Å². The Morgan fingerprint density at radius 2 is 1.54 bits per heavy atom. The van der Waals surface area contributed by atoms with E-state index in [1.807, 2.05) is 0 Å². The molecule has 6 atom stereocenters. The summed E-state index contributed by atoms with van der Waals surface area (Å²) in [5.74, 6) is 0. The standard InChI is InChI=1S/C6H11O7/c7-1-2(8)4(5(10)11)13-6(12)3(1)9/h1-10,12H/t1-,2+,3+,4-,5?,6?/m0/s1. The van der Waals surface area contributed by atoms with Crippen LogP contribution in [0, 0.1) is 0 Å². The molecule has 13 heavy (non-hydrogen) atoms. The quantitative estimate of drug-likeness (QED) is 0.276. The van der Waals surface area contributed by atoms with Crippen molar-refractivity contribution >= 4 is 0 Å². The first-order valence-electron chi connectivity index (χ1n) is 3.66. The third kappa shape index (κ3) is 1.97. The lowest BCUT2D eigenvalue weighted by Gasteiger charge is -2.38. The topological polar surface area (TPSA) is 130 Å². The Balaban J connectivity index is 2.70. The van der Waals surface area contributed by atoms with Crippen molar-refractivity contribution in [2.24, 2.45) is 0 Å². The van der Waals surface area contributed by atoms with E-state index in [1.54, 1.807) is 0 Å². The summed E-state index contributed by atoms with van der Waals surface area (Å²) in [6.07, 6.45) is -10.8. The highest BCUT2D eigenvalue weighted by molar-refractivity contribution is 4.89. The van der Waals surface area contributed by atoms with Gasteiger partial charge in [-0.3, -0.25) is 0 Å². The van der Waals surface area contributed by atoms with Gasteiger partial charge in [0.25, 0.3) is 0 Å². The van der Waals surface area contributed by atoms with Crippen LogP contribution >= 0.6 is 0 Å². The predicted molar refractivity (Wildman–Crippen MR) is 35.6 cm³/mol. The number of aliphatic hydroxyl groups excluding tert-OH is 5. The normalized spacial score (nSPS) is 46.8. The van der Waals surface area contributed by atoms with Crippen LogP contribution in [0.1, 0.15) is 0 Å². The van der Waals surface area contributed by atoms with E-state index in [0.717, 1.165) is 0 Å². The minimum Gasteiger partial charge on any atom is -0.387 e. The second-order valence-electron chi connectivity index (χ2n) is 2.85. The summed E-state index contributed by atoms with van der Waals surface area (Å²) in [6.45, 7) is 0. The van der Waals surface area contributed by atoms with Crippen molar-refractivity contribution in [1.29, 1.82) is 0 Å². The van der Waals surface area contributed by atoms with Gasteiger partial charge in [0, 0.05) is 0 Å². The molecule has 0 saturated carbocycles. The highest BCUT2D eigenvalue weighted by Gasteiger charge is 2.45. The van der Waals surface area contributed by atoms with Gasteiger partial charge in [-0.1, -0.05) is 0 Å². The van der Waals surface area contributed by atoms with Crippen molar-refractivity contribution in [1.82, 2.24) is 0 Å². The third-order valence-electron chi connectivity index (χ3n) is 1.91. The van der Waals surface area contributed by atoms with Crippen LogP contribution in [-0.2, 0) is 9.84 Å². The summed E-state index contributed by atoms with van der Waals surface area (Å²) in [7, 11) is 0. The van der Waals surface area contributed by atoms with Crippen LogP contribution in [0.25, 0.3) is 0 Å². The van der Waals surface area contributed by atoms with E-state index in [-0.39, 0.29) is 0 Å². The van der Waals surface area contributed by atoms with Gasteiger partial charge >= 0.3 is 0 Å². The van der Waals surface area contributed by atoms with Crippen LogP contribution in [0.5, 0.6) is 0 Å². The van der Waals surface area contributed by atoms with E-state index in [2.05, 4.69) is 4.74 Å². The van der Waals surface area contributed by atoms with Gasteiger partial charge < -0.3 is 30.3 Å². The number of ether oxygens (including phenoxy) is 1. The maximum absolute atomic E-state index is 10.5. The first-order valence-corrected chi connectivity index (χ1v) is 3.66. The lowest BCUT2D eigenvalue weighted by molar-refractivity contribution is -0.324. The molecule has 77 valence electrons. The van der Waals surface area contributed by atoms with Crippen molar-refractivity contribution < 1.29 is 35.4 Å². The Morgan fingerprint density at radius 1 is 1.00 bits per heavy atom. The Hall–Kier alpha value is -0.280. The average Bonchev–Trinajstić information content (AvgIpc) is 2.07. The molecule has 1 radical (unpaired) electrons. The molecule has 5 N–H and O–H groups in total. The summed E-state index contributed by atoms with van der Waals surface area (Å²) in [5.41, 5.74) is 0. The second kappa shape index (κ2) is 3.84. The van der Waals surface area contributed by atoms with E-state index in [1.165, 1.54) is 0 Å². The summed E-state index contributed by atoms with van der Waals surface area (Å²) < 4.78 is 4.38. The zero-order valence-electron chi connectivity index (χ0n) is 6.52. The predicted octanol–water partition coefficient (Wildman–Crippen LogP) is -3.46. The number of aliphatic hydroxyl groups is 5. The van der Waals surface area contributed by atoms with E-state index in [9.17, 15) is 5.11 Å². The molecular weight excluding hydrogens is 184 g/mol. The first-order chi connectivity index (χ1) is 5.95. The molecule has 2 unspecified atom stereocenters. The summed E-state index contributed by atoms with van der Waals surface area (Å²) >= 11 is 0. The Bertz CT molecular complexity index is 172. The number of hydrogen-bond donors (Lipinski definition) is 5. The van der Waals surface area contributed by atoms with Gasteiger partial charge in [0.2, 0.25) is 6.29 Å². The van der Waals surface area contributed by atoms with Gasteiger partial charge in [0.15, 0.2) is 6.29 Å². The molecule has 0 amide bonds. The molecule has 7 nitrogen and oxygen atoms in total. The molecule has 1 fully saturated rings. The van der Waals surface area contributed by atoms with Gasteiger partial charge in [-0.25, -0.2) is 0 Å². The molecule has 1 aliphatic rings. The SMILES string of the molecule is [O]C(O)[C@H]1OC(O)[C@H](O)[C@@H](O)[C@H]1O. The van der Waals surface area contributed by atoms with Crippen LogP contribution in [0.2, 0.25) is 0 Å². The molecule has 1 saturated heterocycles. The fourth-order valence-corrected chi connectivity index (χ4v) is 1.12. The molecule has 1 aliphatic heterocycles. The Kier molecular flexibility index (Phi) is 3.19. The lowest BCUT2D eigenvalue weighted by atomic mass is 9.99. The van der Waals surface area contributed by atoms with Crippen LogP contribution < -0.4 is 0 Å². The summed E-state index contributed by atoms with van der Waals surface area (Å²) in [4.78, 5) is 0. The third-order valence-corrected chi connectivity index (χ3v) is 1.91. The zero-order valence-corrected chi connectivity index (χ0v) is 6.52. The number of rotatable bonds is 1. The molecule has 1 rings (SSSR count). The monoisotopic (exact) mass is 195 g/mol. The van der Waals surface area contributed by atoms with E-state index >= 15 is 0 Å². The summed E-state index contributed by atoms with van der Waals surface area (Å²) in [5, 5.41) is 55.0. The molecule has 0 bridgehead atoms. The molecule has 0 aliphatic carbocycles. The first kappa shape index (κ1) is 10.8. The largest absolute Gasteiger partial charge is 0.387 e. The van der Waals surface area contributed by atoms with E-state index < -0.39 is 37.0 Å². The van der Waals surface area contributed by atoms with Crippen molar-refractivity contribution in [3.8, 4) is 0 Å². The van der Waals surface area contributed by atoms with Crippen molar-refractivity contribution in [2.45, 2.75) is 37.0 Å². The van der Waals surface area contributed by atoms with Gasteiger partial charge in [-0.15, -0.1) is 0 Å². The molecule has 1 heterocycles. The van der Waals surface area contributed by atoms with Gasteiger partial charge in [0.05, 0.1) is 0 Å². The smallest absolute Gasteiger partial charge is 0.218 e. The zero-order chi connectivity index (χ0) is 10.2. The van der Waals surface area contributed by atoms with Crippen molar-refractivity contribution in [2.75, 3.05) is 0 Å². The van der Waals surface area contributed by atoms with Crippen molar-refractivity contribution in [3.05, 3.63) is 0 Å². The summed E-state index contributed by atoms with van der Waals surface area (Å²) in [6, 6.07) is 0. The van der Waals surface area contributed by atoms with Gasteiger partial charge in [-0.05, 0) is 0 Å². The average molecular weight is 195 g/mol. The second-order valence-corrected chi connectivity index (χ2v) is 2.85. The number of hydrogen-bond acceptors (Lipinski definition) is 6. The molecule has 0 aromatic carbocycles. The fourth-order valence-electron chi connectivity index (χ4n) is 1.12. The van der Waals surface area contributed by atoms with Crippen LogP contribution in [0.3, 0.4) is 0 Å². The molecule has 0 spiro atoms. The van der Waals surface area contributed by atoms with E-state index in [4.69, 9.17) is 25.5 Å². The van der Waals surface area contributed by atoms with Crippen LogP contribution in [0.4, 0.5) is 0 Å².